The minimum Gasteiger partial charge on any atom is -0.507 e. The van der Waals surface area contributed by atoms with Crippen LogP contribution in [-0.2, 0) is 9.59 Å². The van der Waals surface area contributed by atoms with Crippen LogP contribution in [0.4, 0.5) is 5.13 Å². The molecule has 1 fully saturated rings. The summed E-state index contributed by atoms with van der Waals surface area (Å²) < 4.78 is 6.44. The molecule has 1 saturated heterocycles. The molecule has 1 aliphatic heterocycles. The minimum atomic E-state index is -0.796. The molecule has 8 heteroatoms. The Hall–Kier alpha value is -2.97. The number of amides is 1. The third-order valence-electron chi connectivity index (χ3n) is 4.73. The van der Waals surface area contributed by atoms with Crippen LogP contribution in [0.25, 0.3) is 5.76 Å². The van der Waals surface area contributed by atoms with Gasteiger partial charge in [0.25, 0.3) is 5.78 Å². The van der Waals surface area contributed by atoms with Crippen molar-refractivity contribution >= 4 is 49.8 Å². The lowest BCUT2D eigenvalue weighted by Crippen LogP contribution is -2.29. The summed E-state index contributed by atoms with van der Waals surface area (Å²) in [6, 6.07) is 13.3. The van der Waals surface area contributed by atoms with Crippen molar-refractivity contribution in [1.29, 1.82) is 0 Å². The fourth-order valence-electron chi connectivity index (χ4n) is 3.48. The van der Waals surface area contributed by atoms with Gasteiger partial charge in [0.15, 0.2) is 5.13 Å². The Labute approximate surface area is 191 Å². The lowest BCUT2D eigenvalue weighted by molar-refractivity contribution is -0.132. The number of rotatable bonds is 5. The molecule has 0 unspecified atom stereocenters. The second-order valence-corrected chi connectivity index (χ2v) is 9.02. The number of carbonyl (C=O) groups excluding carboxylic acids is 2. The zero-order chi connectivity index (χ0) is 22.1. The summed E-state index contributed by atoms with van der Waals surface area (Å²) in [5, 5.41) is 13.2. The molecule has 3 aromatic rings. The Kier molecular flexibility index (Phi) is 5.93. The van der Waals surface area contributed by atoms with Gasteiger partial charge in [-0.3, -0.25) is 14.5 Å². The number of anilines is 1. The Morgan fingerprint density at radius 3 is 2.55 bits per heavy atom. The van der Waals surface area contributed by atoms with Gasteiger partial charge in [-0.25, -0.2) is 4.98 Å². The van der Waals surface area contributed by atoms with Crippen LogP contribution in [0.3, 0.4) is 0 Å². The van der Waals surface area contributed by atoms with E-state index in [0.29, 0.717) is 22.0 Å². The monoisotopic (exact) mass is 498 g/mol. The molecule has 6 nitrogen and oxygen atoms in total. The molecule has 0 radical (unpaired) electrons. The normalized spacial score (nSPS) is 18.1. The maximum Gasteiger partial charge on any atom is 0.301 e. The standard InChI is InChI=1S/C23H19BrN2O4S/c1-13(2)30-17-8-6-14(7-9-17)20(27)18-19(15-4-3-5-16(24)12-15)26(22(29)21(18)28)23-25-10-11-31-23/h3-13,19,27H,1-2H3/t19-/m1/s1. The van der Waals surface area contributed by atoms with Gasteiger partial charge in [0.05, 0.1) is 17.7 Å². The lowest BCUT2D eigenvalue weighted by atomic mass is 9.95. The van der Waals surface area contributed by atoms with Gasteiger partial charge >= 0.3 is 5.91 Å². The van der Waals surface area contributed by atoms with Crippen molar-refractivity contribution in [3.05, 3.63) is 81.3 Å². The molecule has 2 aromatic carbocycles. The van der Waals surface area contributed by atoms with E-state index >= 15 is 0 Å². The molecule has 1 atom stereocenters. The van der Waals surface area contributed by atoms with Gasteiger partial charge in [-0.15, -0.1) is 11.3 Å². The highest BCUT2D eigenvalue weighted by molar-refractivity contribution is 9.10. The van der Waals surface area contributed by atoms with E-state index in [9.17, 15) is 14.7 Å². The van der Waals surface area contributed by atoms with Crippen LogP contribution in [0.1, 0.15) is 31.0 Å². The van der Waals surface area contributed by atoms with E-state index in [0.717, 1.165) is 4.47 Å². The van der Waals surface area contributed by atoms with Crippen LogP contribution in [0.2, 0.25) is 0 Å². The highest BCUT2D eigenvalue weighted by Gasteiger charge is 2.48. The molecule has 1 aliphatic rings. The number of halogens is 1. The van der Waals surface area contributed by atoms with E-state index in [2.05, 4.69) is 20.9 Å². The molecule has 1 aromatic heterocycles. The minimum absolute atomic E-state index is 0.0135. The number of aromatic nitrogens is 1. The van der Waals surface area contributed by atoms with Crippen LogP contribution in [0.15, 0.2) is 70.2 Å². The number of ether oxygens (including phenoxy) is 1. The number of nitrogens with zero attached hydrogens (tertiary/aromatic N) is 2. The molecular formula is C23H19BrN2O4S. The first kappa shape index (κ1) is 21.3. The Morgan fingerprint density at radius 1 is 1.19 bits per heavy atom. The van der Waals surface area contributed by atoms with E-state index in [1.54, 1.807) is 35.8 Å². The highest BCUT2D eigenvalue weighted by Crippen LogP contribution is 2.43. The molecule has 0 spiro atoms. The summed E-state index contributed by atoms with van der Waals surface area (Å²) in [6.45, 7) is 3.85. The largest absolute Gasteiger partial charge is 0.507 e. The molecule has 0 bridgehead atoms. The van der Waals surface area contributed by atoms with Gasteiger partial charge in [0, 0.05) is 21.6 Å². The Morgan fingerprint density at radius 2 is 1.94 bits per heavy atom. The predicted octanol–water partition coefficient (Wildman–Crippen LogP) is 5.32. The number of benzene rings is 2. The number of hydrogen-bond acceptors (Lipinski definition) is 6. The molecular weight excluding hydrogens is 480 g/mol. The maximum absolute atomic E-state index is 13.0. The zero-order valence-electron chi connectivity index (χ0n) is 16.8. The van der Waals surface area contributed by atoms with Crippen molar-refractivity contribution in [2.75, 3.05) is 4.90 Å². The Bertz CT molecular complexity index is 1160. The van der Waals surface area contributed by atoms with Crippen LogP contribution in [0.5, 0.6) is 5.75 Å². The summed E-state index contributed by atoms with van der Waals surface area (Å²) in [5.74, 6) is -1.06. The number of ketones is 1. The topological polar surface area (TPSA) is 79.7 Å². The highest BCUT2D eigenvalue weighted by atomic mass is 79.9. The Balaban J connectivity index is 1.85. The first-order valence-electron chi connectivity index (χ1n) is 9.60. The SMILES string of the molecule is CC(C)Oc1ccc(C(O)=C2C(=O)C(=O)N(c3nccs3)[C@@H]2c2cccc(Br)c2)cc1. The summed E-state index contributed by atoms with van der Waals surface area (Å²) >= 11 is 4.70. The van der Waals surface area contributed by atoms with Gasteiger partial charge in [0.1, 0.15) is 11.5 Å². The average molecular weight is 499 g/mol. The van der Waals surface area contributed by atoms with Crippen LogP contribution in [0, 0.1) is 0 Å². The van der Waals surface area contributed by atoms with Crippen LogP contribution in [-0.4, -0.2) is 27.9 Å². The van der Waals surface area contributed by atoms with Crippen LogP contribution < -0.4 is 9.64 Å². The van der Waals surface area contributed by atoms with Crippen molar-refractivity contribution in [3.8, 4) is 5.75 Å². The van der Waals surface area contributed by atoms with E-state index in [-0.39, 0.29) is 17.4 Å². The van der Waals surface area contributed by atoms with Crippen molar-refractivity contribution in [2.45, 2.75) is 26.0 Å². The number of hydrogen-bond donors (Lipinski definition) is 1. The number of carbonyl (C=O) groups is 2. The number of aliphatic hydroxyl groups is 1. The average Bonchev–Trinajstić information content (AvgIpc) is 3.35. The molecule has 31 heavy (non-hydrogen) atoms. The smallest absolute Gasteiger partial charge is 0.301 e. The predicted molar refractivity (Wildman–Crippen MR) is 123 cm³/mol. The molecule has 2 heterocycles. The first-order chi connectivity index (χ1) is 14.9. The van der Waals surface area contributed by atoms with E-state index < -0.39 is 17.7 Å². The fraction of sp³-hybridized carbons (Fsp3) is 0.174. The van der Waals surface area contributed by atoms with Crippen molar-refractivity contribution < 1.29 is 19.4 Å². The lowest BCUT2D eigenvalue weighted by Gasteiger charge is -2.23. The third-order valence-corrected chi connectivity index (χ3v) is 6.00. The summed E-state index contributed by atoms with van der Waals surface area (Å²) in [4.78, 5) is 31.6. The van der Waals surface area contributed by atoms with Gasteiger partial charge in [-0.1, -0.05) is 28.1 Å². The molecule has 1 amide bonds. The van der Waals surface area contributed by atoms with E-state index in [1.807, 2.05) is 38.1 Å². The number of Topliss-reactive ketones (excluding diaryl/α,β-unsaturated/α-hetero) is 1. The second kappa shape index (κ2) is 8.64. The van der Waals surface area contributed by atoms with Crippen molar-refractivity contribution in [2.24, 2.45) is 0 Å². The van der Waals surface area contributed by atoms with Gasteiger partial charge in [0.2, 0.25) is 0 Å². The third kappa shape index (κ3) is 4.13. The van der Waals surface area contributed by atoms with Gasteiger partial charge in [-0.05, 0) is 55.8 Å². The number of aliphatic hydroxyl groups excluding tert-OH is 1. The van der Waals surface area contributed by atoms with Crippen molar-refractivity contribution in [3.63, 3.8) is 0 Å². The van der Waals surface area contributed by atoms with E-state index in [4.69, 9.17) is 4.74 Å². The van der Waals surface area contributed by atoms with Gasteiger partial charge < -0.3 is 9.84 Å². The maximum atomic E-state index is 13.0. The number of thiazole rings is 1. The first-order valence-corrected chi connectivity index (χ1v) is 11.3. The fourth-order valence-corrected chi connectivity index (χ4v) is 4.56. The summed E-state index contributed by atoms with van der Waals surface area (Å²) in [5.41, 5.74) is 1.13. The molecule has 0 saturated carbocycles. The van der Waals surface area contributed by atoms with E-state index in [1.165, 1.54) is 16.2 Å². The second-order valence-electron chi connectivity index (χ2n) is 7.23. The summed E-state index contributed by atoms with van der Waals surface area (Å²) in [7, 11) is 0. The van der Waals surface area contributed by atoms with Gasteiger partial charge in [-0.2, -0.15) is 0 Å². The van der Waals surface area contributed by atoms with Crippen LogP contribution >= 0.6 is 27.3 Å². The zero-order valence-corrected chi connectivity index (χ0v) is 19.2. The quantitative estimate of drug-likeness (QED) is 0.292. The molecule has 4 rings (SSSR count). The molecule has 158 valence electrons. The molecule has 1 N–H and O–H groups in total. The molecule has 0 aliphatic carbocycles. The van der Waals surface area contributed by atoms with Crippen molar-refractivity contribution in [1.82, 2.24) is 4.98 Å². The summed E-state index contributed by atoms with van der Waals surface area (Å²) in [6.07, 6.45) is 1.59.